The first-order valence-electron chi connectivity index (χ1n) is 8.96. The standard InChI is InChI=1S/C20H29N3O4/c1-6-23(7-2)10-8-9-22-20(24)16(14-21)11-15-12-17(25-3)19(27-5)18(13-15)26-4/h11-13H,6-10H2,1-5H3,(H,22,24). The van der Waals surface area contributed by atoms with E-state index in [1.807, 2.05) is 6.07 Å². The molecule has 1 aromatic rings. The summed E-state index contributed by atoms with van der Waals surface area (Å²) in [5, 5.41) is 12.2. The van der Waals surface area contributed by atoms with Gasteiger partial charge in [-0.05, 0) is 49.8 Å². The predicted molar refractivity (Wildman–Crippen MR) is 105 cm³/mol. The molecule has 0 heterocycles. The second-order valence-corrected chi connectivity index (χ2v) is 5.76. The maximum Gasteiger partial charge on any atom is 0.261 e. The van der Waals surface area contributed by atoms with Crippen molar-refractivity contribution in [3.8, 4) is 23.3 Å². The Morgan fingerprint density at radius 3 is 2.19 bits per heavy atom. The zero-order valence-electron chi connectivity index (χ0n) is 16.8. The Kier molecular flexibility index (Phi) is 9.76. The third-order valence-corrected chi connectivity index (χ3v) is 4.19. The minimum Gasteiger partial charge on any atom is -0.493 e. The van der Waals surface area contributed by atoms with Crippen molar-refractivity contribution in [3.63, 3.8) is 0 Å². The molecule has 0 unspecified atom stereocenters. The van der Waals surface area contributed by atoms with Crippen molar-refractivity contribution in [1.29, 1.82) is 5.26 Å². The molecular weight excluding hydrogens is 346 g/mol. The van der Waals surface area contributed by atoms with Gasteiger partial charge in [0.2, 0.25) is 5.75 Å². The third-order valence-electron chi connectivity index (χ3n) is 4.19. The molecule has 0 saturated heterocycles. The number of nitrogens with one attached hydrogen (secondary N) is 1. The average Bonchev–Trinajstić information content (AvgIpc) is 2.70. The van der Waals surface area contributed by atoms with Crippen LogP contribution in [0.1, 0.15) is 25.8 Å². The number of carbonyl (C=O) groups is 1. The van der Waals surface area contributed by atoms with E-state index < -0.39 is 5.91 Å². The van der Waals surface area contributed by atoms with Gasteiger partial charge in [-0.3, -0.25) is 4.79 Å². The number of nitriles is 1. The lowest BCUT2D eigenvalue weighted by Gasteiger charge is -2.17. The molecule has 0 atom stereocenters. The summed E-state index contributed by atoms with van der Waals surface area (Å²) in [6.07, 6.45) is 2.33. The number of rotatable bonds is 11. The Hall–Kier alpha value is -2.72. The summed E-state index contributed by atoms with van der Waals surface area (Å²) in [4.78, 5) is 14.6. The molecule has 1 N–H and O–H groups in total. The Morgan fingerprint density at radius 1 is 1.15 bits per heavy atom. The van der Waals surface area contributed by atoms with Gasteiger partial charge in [-0.1, -0.05) is 13.8 Å². The molecule has 1 aromatic carbocycles. The Morgan fingerprint density at radius 2 is 1.74 bits per heavy atom. The molecular formula is C20H29N3O4. The lowest BCUT2D eigenvalue weighted by atomic mass is 10.1. The van der Waals surface area contributed by atoms with Crippen LogP contribution in [0.5, 0.6) is 17.2 Å². The van der Waals surface area contributed by atoms with Gasteiger partial charge in [-0.25, -0.2) is 0 Å². The van der Waals surface area contributed by atoms with Crippen LogP contribution in [-0.4, -0.2) is 58.3 Å². The molecule has 0 saturated carbocycles. The number of hydrogen-bond acceptors (Lipinski definition) is 6. The quantitative estimate of drug-likeness (QED) is 0.363. The summed E-state index contributed by atoms with van der Waals surface area (Å²) < 4.78 is 15.9. The Balaban J connectivity index is 2.87. The number of amides is 1. The number of ether oxygens (including phenoxy) is 3. The molecule has 0 aliphatic heterocycles. The zero-order valence-corrected chi connectivity index (χ0v) is 16.8. The average molecular weight is 375 g/mol. The van der Waals surface area contributed by atoms with Gasteiger partial charge in [0.1, 0.15) is 11.6 Å². The monoisotopic (exact) mass is 375 g/mol. The summed E-state index contributed by atoms with van der Waals surface area (Å²) in [5.41, 5.74) is 0.631. The third kappa shape index (κ3) is 6.50. The van der Waals surface area contributed by atoms with Crippen LogP contribution in [0.3, 0.4) is 0 Å². The van der Waals surface area contributed by atoms with Crippen molar-refractivity contribution in [2.24, 2.45) is 0 Å². The van der Waals surface area contributed by atoms with Crippen LogP contribution < -0.4 is 19.5 Å². The van der Waals surface area contributed by atoms with Crippen LogP contribution in [0.15, 0.2) is 17.7 Å². The van der Waals surface area contributed by atoms with Gasteiger partial charge in [0.25, 0.3) is 5.91 Å². The van der Waals surface area contributed by atoms with Crippen LogP contribution in [0, 0.1) is 11.3 Å². The lowest BCUT2D eigenvalue weighted by molar-refractivity contribution is -0.117. The molecule has 7 nitrogen and oxygen atoms in total. The number of nitrogens with zero attached hydrogens (tertiary/aromatic N) is 2. The van der Waals surface area contributed by atoms with Gasteiger partial charge < -0.3 is 24.4 Å². The second-order valence-electron chi connectivity index (χ2n) is 5.76. The summed E-state index contributed by atoms with van der Waals surface area (Å²) in [6.45, 7) is 7.60. The van der Waals surface area contributed by atoms with Crippen molar-refractivity contribution in [3.05, 3.63) is 23.3 Å². The second kappa shape index (κ2) is 11.8. The van der Waals surface area contributed by atoms with Gasteiger partial charge in [0.15, 0.2) is 11.5 Å². The highest BCUT2D eigenvalue weighted by atomic mass is 16.5. The molecule has 1 rings (SSSR count). The smallest absolute Gasteiger partial charge is 0.261 e. The number of carbonyl (C=O) groups excluding carboxylic acids is 1. The number of benzene rings is 1. The SMILES string of the molecule is CCN(CC)CCCNC(=O)C(C#N)=Cc1cc(OC)c(OC)c(OC)c1. The fourth-order valence-corrected chi connectivity index (χ4v) is 2.64. The minimum absolute atomic E-state index is 0.0205. The largest absolute Gasteiger partial charge is 0.493 e. The van der Waals surface area contributed by atoms with Crippen molar-refractivity contribution >= 4 is 12.0 Å². The molecule has 0 fully saturated rings. The molecule has 0 bridgehead atoms. The van der Waals surface area contributed by atoms with E-state index in [1.165, 1.54) is 27.4 Å². The minimum atomic E-state index is -0.397. The van der Waals surface area contributed by atoms with E-state index in [1.54, 1.807) is 12.1 Å². The number of methoxy groups -OCH3 is 3. The summed E-state index contributed by atoms with van der Waals surface area (Å²) in [6, 6.07) is 5.33. The van der Waals surface area contributed by atoms with Crippen molar-refractivity contribution < 1.29 is 19.0 Å². The summed E-state index contributed by atoms with van der Waals surface area (Å²) >= 11 is 0. The maximum absolute atomic E-state index is 12.3. The first kappa shape index (κ1) is 22.3. The van der Waals surface area contributed by atoms with Crippen LogP contribution in [-0.2, 0) is 4.79 Å². The molecule has 1 amide bonds. The van der Waals surface area contributed by atoms with Gasteiger partial charge in [-0.2, -0.15) is 5.26 Å². The molecule has 27 heavy (non-hydrogen) atoms. The fourth-order valence-electron chi connectivity index (χ4n) is 2.64. The molecule has 0 aliphatic carbocycles. The molecule has 148 valence electrons. The fraction of sp³-hybridized carbons (Fsp3) is 0.500. The van der Waals surface area contributed by atoms with Gasteiger partial charge >= 0.3 is 0 Å². The van der Waals surface area contributed by atoms with Crippen molar-refractivity contribution in [2.45, 2.75) is 20.3 Å². The molecule has 7 heteroatoms. The highest BCUT2D eigenvalue weighted by Crippen LogP contribution is 2.38. The van der Waals surface area contributed by atoms with Gasteiger partial charge in [0, 0.05) is 6.54 Å². The van der Waals surface area contributed by atoms with Crippen LogP contribution in [0.4, 0.5) is 0 Å². The molecule has 0 aromatic heterocycles. The Bertz CT molecular complexity index is 666. The van der Waals surface area contributed by atoms with Crippen molar-refractivity contribution in [2.75, 3.05) is 47.5 Å². The highest BCUT2D eigenvalue weighted by Gasteiger charge is 2.14. The molecule has 0 aliphatic rings. The van der Waals surface area contributed by atoms with E-state index in [4.69, 9.17) is 14.2 Å². The van der Waals surface area contributed by atoms with E-state index in [-0.39, 0.29) is 5.57 Å². The van der Waals surface area contributed by atoms with E-state index in [0.29, 0.717) is 29.4 Å². The molecule has 0 spiro atoms. The first-order chi connectivity index (χ1) is 13.0. The zero-order chi connectivity index (χ0) is 20.2. The topological polar surface area (TPSA) is 83.8 Å². The van der Waals surface area contributed by atoms with Crippen molar-refractivity contribution in [1.82, 2.24) is 10.2 Å². The van der Waals surface area contributed by atoms with Crippen LogP contribution >= 0.6 is 0 Å². The highest BCUT2D eigenvalue weighted by molar-refractivity contribution is 6.01. The van der Waals surface area contributed by atoms with E-state index >= 15 is 0 Å². The van der Waals surface area contributed by atoms with Crippen LogP contribution in [0.2, 0.25) is 0 Å². The van der Waals surface area contributed by atoms with Gasteiger partial charge in [-0.15, -0.1) is 0 Å². The van der Waals surface area contributed by atoms with E-state index in [2.05, 4.69) is 24.1 Å². The lowest BCUT2D eigenvalue weighted by Crippen LogP contribution is -2.30. The maximum atomic E-state index is 12.3. The summed E-state index contributed by atoms with van der Waals surface area (Å²) in [5.74, 6) is 0.974. The Labute approximate surface area is 161 Å². The normalized spacial score (nSPS) is 11.1. The van der Waals surface area contributed by atoms with Gasteiger partial charge in [0.05, 0.1) is 21.3 Å². The molecule has 0 radical (unpaired) electrons. The van der Waals surface area contributed by atoms with Crippen LogP contribution in [0.25, 0.3) is 6.08 Å². The predicted octanol–water partition coefficient (Wildman–Crippen LogP) is 2.47. The van der Waals surface area contributed by atoms with E-state index in [0.717, 1.165) is 26.1 Å². The first-order valence-corrected chi connectivity index (χ1v) is 8.96. The number of hydrogen-bond donors (Lipinski definition) is 1. The van der Waals surface area contributed by atoms with E-state index in [9.17, 15) is 10.1 Å². The summed E-state index contributed by atoms with van der Waals surface area (Å²) in [7, 11) is 4.54.